The molecule has 150 valence electrons. The minimum Gasteiger partial charge on any atom is -0.334 e. The van der Waals surface area contributed by atoms with Gasteiger partial charge in [-0.2, -0.15) is 4.98 Å². The lowest BCUT2D eigenvalue weighted by atomic mass is 9.94. The predicted molar refractivity (Wildman–Crippen MR) is 108 cm³/mol. The lowest BCUT2D eigenvalue weighted by Gasteiger charge is -2.32. The van der Waals surface area contributed by atoms with Gasteiger partial charge in [-0.3, -0.25) is 9.97 Å². The van der Waals surface area contributed by atoms with Crippen molar-refractivity contribution in [2.45, 2.75) is 46.2 Å². The van der Waals surface area contributed by atoms with Crippen LogP contribution in [0.4, 0.5) is 4.79 Å². The van der Waals surface area contributed by atoms with Crippen LogP contribution in [0.15, 0.2) is 35.2 Å². The highest BCUT2D eigenvalue weighted by molar-refractivity contribution is 5.76. The molecular weight excluding hydrogens is 368 g/mol. The molecule has 0 atom stereocenters. The molecule has 3 aromatic rings. The summed E-state index contributed by atoms with van der Waals surface area (Å²) >= 11 is 0. The van der Waals surface area contributed by atoms with Gasteiger partial charge in [0.2, 0.25) is 5.82 Å². The first-order valence-corrected chi connectivity index (χ1v) is 9.61. The number of urea groups is 1. The number of hydrogen-bond acceptors (Lipinski definition) is 6. The molecule has 8 heteroatoms. The molecule has 0 saturated carbocycles. The summed E-state index contributed by atoms with van der Waals surface area (Å²) < 4.78 is 5.47. The van der Waals surface area contributed by atoms with Crippen molar-refractivity contribution in [1.29, 1.82) is 0 Å². The molecule has 0 radical (unpaired) electrons. The van der Waals surface area contributed by atoms with Gasteiger partial charge in [0.05, 0.1) is 0 Å². The third-order valence-corrected chi connectivity index (χ3v) is 4.80. The number of aryl methyl sites for hydroxylation is 1. The Balaban J connectivity index is 1.64. The van der Waals surface area contributed by atoms with E-state index in [4.69, 9.17) is 4.52 Å². The normalized spacial score (nSPS) is 13.9. The van der Waals surface area contributed by atoms with Crippen LogP contribution in [0.2, 0.25) is 0 Å². The molecule has 4 heterocycles. The van der Waals surface area contributed by atoms with E-state index < -0.39 is 0 Å². The first-order valence-electron chi connectivity index (χ1n) is 9.61. The number of hydrogen-bond donors (Lipinski definition) is 1. The van der Waals surface area contributed by atoms with Crippen LogP contribution in [-0.4, -0.2) is 43.1 Å². The van der Waals surface area contributed by atoms with Gasteiger partial charge in [-0.15, -0.1) is 0 Å². The molecule has 0 aromatic carbocycles. The Hall–Kier alpha value is -3.29. The van der Waals surface area contributed by atoms with Gasteiger partial charge in [-0.1, -0.05) is 5.16 Å². The fraction of sp³-hybridized carbons (Fsp3) is 0.381. The molecule has 1 aliphatic heterocycles. The van der Waals surface area contributed by atoms with Gasteiger partial charge in [0.1, 0.15) is 0 Å². The van der Waals surface area contributed by atoms with E-state index in [0.717, 1.165) is 27.9 Å². The van der Waals surface area contributed by atoms with Crippen molar-refractivity contribution in [3.05, 3.63) is 47.5 Å². The minimum atomic E-state index is -0.276. The van der Waals surface area contributed by atoms with E-state index in [-0.39, 0.29) is 11.6 Å². The van der Waals surface area contributed by atoms with Crippen molar-refractivity contribution >= 4 is 6.03 Å². The summed E-state index contributed by atoms with van der Waals surface area (Å²) in [5.41, 5.74) is 4.41. The molecule has 3 aromatic heterocycles. The van der Waals surface area contributed by atoms with Crippen LogP contribution in [0.5, 0.6) is 0 Å². The average Bonchev–Trinajstić information content (AvgIpc) is 3.16. The molecule has 4 rings (SSSR count). The molecule has 1 N–H and O–H groups in total. The van der Waals surface area contributed by atoms with Crippen LogP contribution in [0.1, 0.15) is 37.6 Å². The lowest BCUT2D eigenvalue weighted by Crippen LogP contribution is -2.49. The monoisotopic (exact) mass is 392 g/mol. The highest BCUT2D eigenvalue weighted by Gasteiger charge is 2.28. The number of carbonyl (C=O) groups excluding carboxylic acids is 1. The minimum absolute atomic E-state index is 0.0650. The zero-order valence-corrected chi connectivity index (χ0v) is 17.1. The standard InChI is InChI=1S/C21H24N6O2/c1-13-17(18-24-19(29-26-18)14-5-8-22-9-6-14)16-7-10-27(12-15(16)11-23-13)20(28)25-21(2,3)4/h5-6,8-9,11H,7,10,12H2,1-4H3,(H,25,28). The summed E-state index contributed by atoms with van der Waals surface area (Å²) in [6.45, 7) is 9.00. The maximum atomic E-state index is 12.6. The van der Waals surface area contributed by atoms with Gasteiger partial charge in [-0.05, 0) is 57.4 Å². The van der Waals surface area contributed by atoms with E-state index in [1.54, 1.807) is 12.4 Å². The smallest absolute Gasteiger partial charge is 0.318 e. The Bertz CT molecular complexity index is 1040. The number of nitrogens with zero attached hydrogens (tertiary/aromatic N) is 5. The molecule has 2 amide bonds. The maximum Gasteiger partial charge on any atom is 0.318 e. The Kier molecular flexibility index (Phi) is 4.77. The van der Waals surface area contributed by atoms with E-state index >= 15 is 0 Å². The fourth-order valence-electron chi connectivity index (χ4n) is 3.46. The van der Waals surface area contributed by atoms with Crippen molar-refractivity contribution in [2.24, 2.45) is 0 Å². The van der Waals surface area contributed by atoms with E-state index in [1.165, 1.54) is 0 Å². The Morgan fingerprint density at radius 3 is 2.72 bits per heavy atom. The highest BCUT2D eigenvalue weighted by atomic mass is 16.5. The molecule has 0 saturated heterocycles. The van der Waals surface area contributed by atoms with Gasteiger partial charge in [0.15, 0.2) is 0 Å². The van der Waals surface area contributed by atoms with Crippen molar-refractivity contribution in [1.82, 2.24) is 30.3 Å². The third kappa shape index (κ3) is 3.96. The summed E-state index contributed by atoms with van der Waals surface area (Å²) in [6, 6.07) is 3.59. The molecule has 8 nitrogen and oxygen atoms in total. The molecule has 0 spiro atoms. The topological polar surface area (TPSA) is 97.0 Å². The van der Waals surface area contributed by atoms with Crippen LogP contribution >= 0.6 is 0 Å². The molecule has 29 heavy (non-hydrogen) atoms. The SMILES string of the molecule is Cc1ncc2c(c1-c1noc(-c3ccncc3)n1)CCN(C(=O)NC(C)(C)C)C2. The largest absolute Gasteiger partial charge is 0.334 e. The third-order valence-electron chi connectivity index (χ3n) is 4.80. The van der Waals surface area contributed by atoms with E-state index in [1.807, 2.05) is 50.9 Å². The molecule has 1 aliphatic rings. The predicted octanol–water partition coefficient (Wildman–Crippen LogP) is 3.37. The van der Waals surface area contributed by atoms with Crippen LogP contribution in [0.25, 0.3) is 22.8 Å². The maximum absolute atomic E-state index is 12.6. The summed E-state index contributed by atoms with van der Waals surface area (Å²) in [4.78, 5) is 27.5. The highest BCUT2D eigenvalue weighted by Crippen LogP contribution is 2.31. The van der Waals surface area contributed by atoms with Crippen LogP contribution in [-0.2, 0) is 13.0 Å². The summed E-state index contributed by atoms with van der Waals surface area (Å²) in [5, 5.41) is 7.22. The molecule has 0 fully saturated rings. The second kappa shape index (κ2) is 7.27. The Morgan fingerprint density at radius 2 is 2.00 bits per heavy atom. The van der Waals surface area contributed by atoms with Gasteiger partial charge in [0, 0.05) is 54.0 Å². The first kappa shape index (κ1) is 19.0. The summed E-state index contributed by atoms with van der Waals surface area (Å²) in [5.74, 6) is 0.965. The number of pyridine rings is 2. The Labute approximate surface area is 169 Å². The van der Waals surface area contributed by atoms with Crippen LogP contribution in [0.3, 0.4) is 0 Å². The lowest BCUT2D eigenvalue weighted by molar-refractivity contribution is 0.183. The van der Waals surface area contributed by atoms with Gasteiger partial charge < -0.3 is 14.7 Å². The Morgan fingerprint density at radius 1 is 1.24 bits per heavy atom. The van der Waals surface area contributed by atoms with Crippen LogP contribution in [0, 0.1) is 6.92 Å². The van der Waals surface area contributed by atoms with Crippen molar-refractivity contribution in [3.63, 3.8) is 0 Å². The van der Waals surface area contributed by atoms with E-state index in [0.29, 0.717) is 31.2 Å². The van der Waals surface area contributed by atoms with E-state index in [9.17, 15) is 4.79 Å². The molecular formula is C21H24N6O2. The van der Waals surface area contributed by atoms with Crippen molar-refractivity contribution in [2.75, 3.05) is 6.54 Å². The molecule has 0 aliphatic carbocycles. The molecule has 0 unspecified atom stereocenters. The second-order valence-corrected chi connectivity index (χ2v) is 8.23. The zero-order chi connectivity index (χ0) is 20.6. The van der Waals surface area contributed by atoms with Crippen molar-refractivity contribution in [3.8, 4) is 22.8 Å². The van der Waals surface area contributed by atoms with Gasteiger partial charge >= 0.3 is 6.03 Å². The average molecular weight is 392 g/mol. The number of amides is 2. The van der Waals surface area contributed by atoms with Crippen LogP contribution < -0.4 is 5.32 Å². The fourth-order valence-corrected chi connectivity index (χ4v) is 3.46. The molecule has 0 bridgehead atoms. The quantitative estimate of drug-likeness (QED) is 0.718. The number of aromatic nitrogens is 4. The number of rotatable bonds is 2. The number of fused-ring (bicyclic) bond motifs is 1. The van der Waals surface area contributed by atoms with Gasteiger partial charge in [-0.25, -0.2) is 4.79 Å². The zero-order valence-electron chi connectivity index (χ0n) is 17.1. The summed E-state index contributed by atoms with van der Waals surface area (Å²) in [6.07, 6.45) is 5.93. The number of carbonyl (C=O) groups is 1. The van der Waals surface area contributed by atoms with E-state index in [2.05, 4.69) is 25.4 Å². The second-order valence-electron chi connectivity index (χ2n) is 8.23. The number of nitrogens with one attached hydrogen (secondary N) is 1. The van der Waals surface area contributed by atoms with Crippen molar-refractivity contribution < 1.29 is 9.32 Å². The first-order chi connectivity index (χ1) is 13.8. The van der Waals surface area contributed by atoms with Gasteiger partial charge in [0.25, 0.3) is 5.89 Å². The summed E-state index contributed by atoms with van der Waals surface area (Å²) in [7, 11) is 0.